The Bertz CT molecular complexity index is 1380. The third kappa shape index (κ3) is 7.22. The Morgan fingerprint density at radius 3 is 2.45 bits per heavy atom. The molecule has 2 aromatic carbocycles. The van der Waals surface area contributed by atoms with E-state index in [9.17, 15) is 19.2 Å². The number of fused-ring (bicyclic) bond motifs is 1. The Hall–Kier alpha value is -4.60. The van der Waals surface area contributed by atoms with Crippen molar-refractivity contribution >= 4 is 40.8 Å². The Balaban J connectivity index is 1.80. The van der Waals surface area contributed by atoms with Crippen LogP contribution in [-0.4, -0.2) is 51.6 Å². The summed E-state index contributed by atoms with van der Waals surface area (Å²) in [6.45, 7) is 8.55. The van der Waals surface area contributed by atoms with Crippen molar-refractivity contribution in [3.8, 4) is 5.75 Å². The maximum Gasteiger partial charge on any atom is 0.419 e. The van der Waals surface area contributed by atoms with Crippen molar-refractivity contribution < 1.29 is 28.7 Å². The fourth-order valence-corrected chi connectivity index (χ4v) is 3.54. The number of carbonyl (C=O) groups is 4. The molecule has 1 aromatic heterocycles. The van der Waals surface area contributed by atoms with E-state index in [1.165, 1.54) is 21.7 Å². The molecule has 1 heterocycles. The van der Waals surface area contributed by atoms with Gasteiger partial charge in [-0.2, -0.15) is 0 Å². The van der Waals surface area contributed by atoms with Gasteiger partial charge in [0, 0.05) is 34.8 Å². The Kier molecular flexibility index (Phi) is 8.57. The molecule has 38 heavy (non-hydrogen) atoms. The number of rotatable bonds is 7. The molecule has 0 unspecified atom stereocenters. The number of para-hydroxylation sites is 1. The molecule has 0 saturated carbocycles. The Morgan fingerprint density at radius 1 is 1.08 bits per heavy atom. The first kappa shape index (κ1) is 28.0. The highest BCUT2D eigenvalue weighted by Gasteiger charge is 2.21. The number of hydrazine groups is 1. The topological polar surface area (TPSA) is 133 Å². The predicted molar refractivity (Wildman–Crippen MR) is 143 cm³/mol. The molecule has 0 bridgehead atoms. The van der Waals surface area contributed by atoms with Gasteiger partial charge < -0.3 is 15.2 Å². The number of amides is 3. The van der Waals surface area contributed by atoms with E-state index in [1.54, 1.807) is 71.2 Å². The Morgan fingerprint density at radius 2 is 1.79 bits per heavy atom. The first-order valence-corrected chi connectivity index (χ1v) is 12.0. The average molecular weight is 521 g/mol. The number of ether oxygens (including phenoxy) is 2. The van der Waals surface area contributed by atoms with Gasteiger partial charge in [-0.15, -0.1) is 0 Å². The molecule has 0 aliphatic heterocycles. The summed E-state index contributed by atoms with van der Waals surface area (Å²) in [6.07, 6.45) is 4.00. The maximum atomic E-state index is 13.1. The number of nitrogens with two attached hydrogens (primary N) is 1. The van der Waals surface area contributed by atoms with Crippen LogP contribution in [-0.2, 0) is 14.3 Å². The molecule has 0 radical (unpaired) electrons. The van der Waals surface area contributed by atoms with Gasteiger partial charge >= 0.3 is 6.09 Å². The van der Waals surface area contributed by atoms with Crippen molar-refractivity contribution in [2.75, 3.05) is 6.61 Å². The molecular formula is C28H32N4O6. The zero-order chi connectivity index (χ0) is 28.0. The van der Waals surface area contributed by atoms with E-state index in [0.717, 1.165) is 5.39 Å². The van der Waals surface area contributed by atoms with E-state index in [-0.39, 0.29) is 18.2 Å². The summed E-state index contributed by atoms with van der Waals surface area (Å²) in [5, 5.41) is 1.96. The smallest absolute Gasteiger partial charge is 0.419 e. The van der Waals surface area contributed by atoms with E-state index in [2.05, 4.69) is 5.43 Å². The zero-order valence-electron chi connectivity index (χ0n) is 22.1. The van der Waals surface area contributed by atoms with Crippen molar-refractivity contribution in [2.24, 2.45) is 5.73 Å². The van der Waals surface area contributed by atoms with Crippen molar-refractivity contribution in [1.29, 1.82) is 0 Å². The largest absolute Gasteiger partial charge is 0.484 e. The van der Waals surface area contributed by atoms with Crippen LogP contribution >= 0.6 is 0 Å². The molecule has 3 aromatic rings. The van der Waals surface area contributed by atoms with Crippen LogP contribution in [0.2, 0.25) is 0 Å². The van der Waals surface area contributed by atoms with Crippen molar-refractivity contribution in [1.82, 2.24) is 15.0 Å². The van der Waals surface area contributed by atoms with Gasteiger partial charge in [0.25, 0.3) is 17.7 Å². The minimum absolute atomic E-state index is 0.231. The number of hydrogen-bond acceptors (Lipinski definition) is 6. The molecule has 0 atom stereocenters. The van der Waals surface area contributed by atoms with Gasteiger partial charge in [-0.3, -0.25) is 24.4 Å². The summed E-state index contributed by atoms with van der Waals surface area (Å²) in [5.41, 5.74) is 8.54. The molecule has 0 spiro atoms. The average Bonchev–Trinajstić information content (AvgIpc) is 3.22. The monoisotopic (exact) mass is 520 g/mol. The van der Waals surface area contributed by atoms with Crippen molar-refractivity contribution in [3.05, 3.63) is 71.9 Å². The van der Waals surface area contributed by atoms with Gasteiger partial charge in [0.05, 0.1) is 5.52 Å². The highest BCUT2D eigenvalue weighted by molar-refractivity contribution is 6.01. The van der Waals surface area contributed by atoms with Gasteiger partial charge in [0.15, 0.2) is 6.61 Å². The van der Waals surface area contributed by atoms with Crippen LogP contribution < -0.4 is 15.9 Å². The third-order valence-corrected chi connectivity index (χ3v) is 5.19. The second kappa shape index (κ2) is 11.6. The van der Waals surface area contributed by atoms with E-state index in [1.807, 2.05) is 18.2 Å². The van der Waals surface area contributed by atoms with Gasteiger partial charge in [0.1, 0.15) is 11.4 Å². The molecule has 0 saturated heterocycles. The summed E-state index contributed by atoms with van der Waals surface area (Å²) in [5.74, 6) is -1.35. The number of carbonyl (C=O) groups excluding carboxylic acids is 4. The number of hydrogen-bond donors (Lipinski definition) is 2. The fourth-order valence-electron chi connectivity index (χ4n) is 3.54. The SMILES string of the molecule is CC(C)N(NC(=O)c1cccc(OCC(N)=O)c1)C(=O)/C=C/c1cn(C(=O)OC(C)(C)C)c2ccccc12. The number of benzene rings is 2. The summed E-state index contributed by atoms with van der Waals surface area (Å²) >= 11 is 0. The number of primary amides is 1. The van der Waals surface area contributed by atoms with Crippen molar-refractivity contribution in [3.63, 3.8) is 0 Å². The second-order valence-corrected chi connectivity index (χ2v) is 9.81. The van der Waals surface area contributed by atoms with Crippen LogP contribution in [0.4, 0.5) is 4.79 Å². The third-order valence-electron chi connectivity index (χ3n) is 5.19. The molecule has 3 rings (SSSR count). The lowest BCUT2D eigenvalue weighted by molar-refractivity contribution is -0.130. The van der Waals surface area contributed by atoms with Crippen LogP contribution in [0.25, 0.3) is 17.0 Å². The van der Waals surface area contributed by atoms with Gasteiger partial charge in [-0.1, -0.05) is 24.3 Å². The lowest BCUT2D eigenvalue weighted by Gasteiger charge is -2.26. The molecule has 3 N–H and O–H groups in total. The molecule has 0 aliphatic carbocycles. The summed E-state index contributed by atoms with van der Waals surface area (Å²) < 4.78 is 12.2. The molecular weight excluding hydrogens is 488 g/mol. The first-order chi connectivity index (χ1) is 17.9. The number of nitrogens with zero attached hydrogens (tertiary/aromatic N) is 2. The lowest BCUT2D eigenvalue weighted by Crippen LogP contribution is -2.49. The van der Waals surface area contributed by atoms with Gasteiger partial charge in [-0.05, 0) is 65.0 Å². The summed E-state index contributed by atoms with van der Waals surface area (Å²) in [6, 6.07) is 13.1. The van der Waals surface area contributed by atoms with Crippen LogP contribution in [0.5, 0.6) is 5.75 Å². The quantitative estimate of drug-likeness (QED) is 0.359. The fraction of sp³-hybridized carbons (Fsp3) is 0.286. The van der Waals surface area contributed by atoms with E-state index < -0.39 is 29.4 Å². The van der Waals surface area contributed by atoms with E-state index in [0.29, 0.717) is 16.8 Å². The predicted octanol–water partition coefficient (Wildman–Crippen LogP) is 3.88. The lowest BCUT2D eigenvalue weighted by atomic mass is 10.1. The first-order valence-electron chi connectivity index (χ1n) is 12.0. The standard InChI is InChI=1S/C28H32N4O6/c1-18(2)32(30-26(35)19-9-8-10-21(15-19)37-17-24(29)33)25(34)14-13-20-16-31(27(36)38-28(3,4)5)23-12-7-6-11-22(20)23/h6-16,18H,17H2,1-5H3,(H2,29,33)(H,30,35)/b14-13+. The zero-order valence-corrected chi connectivity index (χ0v) is 22.1. The molecule has 0 fully saturated rings. The van der Waals surface area contributed by atoms with E-state index in [4.69, 9.17) is 15.2 Å². The summed E-state index contributed by atoms with van der Waals surface area (Å²) in [7, 11) is 0. The number of aromatic nitrogens is 1. The van der Waals surface area contributed by atoms with Gasteiger partial charge in [0.2, 0.25) is 0 Å². The summed E-state index contributed by atoms with van der Waals surface area (Å²) in [4.78, 5) is 49.6. The molecule has 10 nitrogen and oxygen atoms in total. The normalized spacial score (nSPS) is 11.5. The van der Waals surface area contributed by atoms with Crippen LogP contribution in [0.3, 0.4) is 0 Å². The van der Waals surface area contributed by atoms with Crippen LogP contribution in [0, 0.1) is 0 Å². The second-order valence-electron chi connectivity index (χ2n) is 9.81. The molecule has 3 amide bonds. The van der Waals surface area contributed by atoms with E-state index >= 15 is 0 Å². The minimum atomic E-state index is -0.669. The highest BCUT2D eigenvalue weighted by atomic mass is 16.6. The van der Waals surface area contributed by atoms with Crippen LogP contribution in [0.15, 0.2) is 60.8 Å². The maximum absolute atomic E-state index is 13.1. The van der Waals surface area contributed by atoms with Gasteiger partial charge in [-0.25, -0.2) is 9.80 Å². The molecule has 0 aliphatic rings. The number of nitrogens with one attached hydrogen (secondary N) is 1. The molecule has 200 valence electrons. The minimum Gasteiger partial charge on any atom is -0.484 e. The molecule has 10 heteroatoms. The Labute approximate surface area is 221 Å². The van der Waals surface area contributed by atoms with Crippen LogP contribution in [0.1, 0.15) is 50.5 Å². The van der Waals surface area contributed by atoms with Crippen molar-refractivity contribution in [2.45, 2.75) is 46.3 Å². The highest BCUT2D eigenvalue weighted by Crippen LogP contribution is 2.24.